The lowest BCUT2D eigenvalue weighted by Crippen LogP contribution is -1.95. The van der Waals surface area contributed by atoms with E-state index in [4.69, 9.17) is 11.6 Å². The molecule has 2 aromatic rings. The molecule has 0 amide bonds. The SMILES string of the molecule is Cc1cc(F)n2ncnc(Cl)c12. The average Bonchev–Trinajstić information content (AvgIpc) is 2.29. The molecule has 0 unspecified atom stereocenters. The van der Waals surface area contributed by atoms with Crippen LogP contribution in [0.1, 0.15) is 5.56 Å². The summed E-state index contributed by atoms with van der Waals surface area (Å²) in [6, 6.07) is 1.37. The van der Waals surface area contributed by atoms with Crippen molar-refractivity contribution in [3.05, 3.63) is 29.1 Å². The molecule has 0 saturated heterocycles. The van der Waals surface area contributed by atoms with Gasteiger partial charge in [0.25, 0.3) is 0 Å². The van der Waals surface area contributed by atoms with Gasteiger partial charge < -0.3 is 0 Å². The molecular weight excluding hydrogens is 181 g/mol. The van der Waals surface area contributed by atoms with Crippen LogP contribution in [-0.4, -0.2) is 14.6 Å². The van der Waals surface area contributed by atoms with E-state index in [1.54, 1.807) is 6.92 Å². The lowest BCUT2D eigenvalue weighted by atomic mass is 10.3. The van der Waals surface area contributed by atoms with Crippen molar-refractivity contribution in [2.75, 3.05) is 0 Å². The molecule has 0 bridgehead atoms. The summed E-state index contributed by atoms with van der Waals surface area (Å²) in [5.74, 6) is -0.424. The summed E-state index contributed by atoms with van der Waals surface area (Å²) >= 11 is 5.74. The third kappa shape index (κ3) is 0.881. The van der Waals surface area contributed by atoms with Crippen LogP contribution in [0.5, 0.6) is 0 Å². The van der Waals surface area contributed by atoms with Crippen molar-refractivity contribution in [3.63, 3.8) is 0 Å². The fourth-order valence-corrected chi connectivity index (χ4v) is 1.41. The zero-order chi connectivity index (χ0) is 8.72. The molecule has 0 fully saturated rings. The predicted molar refractivity (Wildman–Crippen MR) is 42.7 cm³/mol. The number of halogens is 2. The Morgan fingerprint density at radius 3 is 3.00 bits per heavy atom. The summed E-state index contributed by atoms with van der Waals surface area (Å²) in [6.07, 6.45) is 1.22. The lowest BCUT2D eigenvalue weighted by Gasteiger charge is -1.95. The minimum atomic E-state index is -0.424. The lowest BCUT2D eigenvalue weighted by molar-refractivity contribution is 0.547. The Morgan fingerprint density at radius 2 is 2.33 bits per heavy atom. The maximum Gasteiger partial charge on any atom is 0.215 e. The molecular formula is C7H5ClFN3. The van der Waals surface area contributed by atoms with Crippen molar-refractivity contribution in [2.24, 2.45) is 0 Å². The van der Waals surface area contributed by atoms with E-state index in [0.29, 0.717) is 5.52 Å². The van der Waals surface area contributed by atoms with E-state index in [2.05, 4.69) is 10.1 Å². The van der Waals surface area contributed by atoms with Gasteiger partial charge in [-0.05, 0) is 18.6 Å². The molecule has 0 aliphatic rings. The molecule has 0 radical (unpaired) electrons. The molecule has 0 atom stereocenters. The molecule has 0 aliphatic carbocycles. The molecule has 5 heteroatoms. The zero-order valence-electron chi connectivity index (χ0n) is 6.25. The summed E-state index contributed by atoms with van der Waals surface area (Å²) in [5, 5.41) is 3.98. The third-order valence-corrected chi connectivity index (χ3v) is 1.93. The number of hydrogen-bond acceptors (Lipinski definition) is 2. The average molecular weight is 186 g/mol. The molecule has 0 saturated carbocycles. The number of rotatable bonds is 0. The molecule has 0 spiro atoms. The third-order valence-electron chi connectivity index (χ3n) is 1.66. The first-order valence-corrected chi connectivity index (χ1v) is 3.72. The Labute approximate surface area is 72.8 Å². The molecule has 2 aromatic heterocycles. The van der Waals surface area contributed by atoms with Gasteiger partial charge in [-0.3, -0.25) is 0 Å². The number of hydrogen-bond donors (Lipinski definition) is 0. The standard InChI is InChI=1S/C7H5ClFN3/c1-4-2-5(9)12-6(4)7(8)10-3-11-12/h2-3H,1H3. The minimum Gasteiger partial charge on any atom is -0.220 e. The molecule has 0 N–H and O–H groups in total. The van der Waals surface area contributed by atoms with Gasteiger partial charge in [0.2, 0.25) is 5.95 Å². The second-order valence-corrected chi connectivity index (χ2v) is 2.82. The van der Waals surface area contributed by atoms with Crippen molar-refractivity contribution in [1.82, 2.24) is 14.6 Å². The quantitative estimate of drug-likeness (QED) is 0.627. The van der Waals surface area contributed by atoms with E-state index in [9.17, 15) is 4.39 Å². The molecule has 2 heterocycles. The largest absolute Gasteiger partial charge is 0.220 e. The highest BCUT2D eigenvalue weighted by atomic mass is 35.5. The fraction of sp³-hybridized carbons (Fsp3) is 0.143. The summed E-state index contributed by atoms with van der Waals surface area (Å²) in [4.78, 5) is 3.75. The van der Waals surface area contributed by atoms with E-state index in [1.165, 1.54) is 12.4 Å². The first kappa shape index (κ1) is 7.49. The molecule has 2 rings (SSSR count). The van der Waals surface area contributed by atoms with E-state index < -0.39 is 5.95 Å². The van der Waals surface area contributed by atoms with Gasteiger partial charge in [-0.25, -0.2) is 9.50 Å². The van der Waals surface area contributed by atoms with Gasteiger partial charge in [0.05, 0.1) is 0 Å². The van der Waals surface area contributed by atoms with Gasteiger partial charge in [0, 0.05) is 0 Å². The van der Waals surface area contributed by atoms with Crippen LogP contribution >= 0.6 is 11.6 Å². The molecule has 12 heavy (non-hydrogen) atoms. The van der Waals surface area contributed by atoms with Crippen LogP contribution in [0.25, 0.3) is 5.52 Å². The van der Waals surface area contributed by atoms with Crippen LogP contribution < -0.4 is 0 Å². The second-order valence-electron chi connectivity index (χ2n) is 2.46. The Balaban J connectivity index is 2.99. The Kier molecular flexibility index (Phi) is 1.51. The Bertz CT molecular complexity index is 437. The Hall–Kier alpha value is -1.16. The summed E-state index contributed by atoms with van der Waals surface area (Å²) in [7, 11) is 0. The molecule has 0 aliphatic heterocycles. The van der Waals surface area contributed by atoms with Crippen LogP contribution in [0.4, 0.5) is 4.39 Å². The van der Waals surface area contributed by atoms with Crippen LogP contribution in [0.15, 0.2) is 12.4 Å². The molecule has 3 nitrogen and oxygen atoms in total. The minimum absolute atomic E-state index is 0.270. The van der Waals surface area contributed by atoms with Gasteiger partial charge in [0.1, 0.15) is 11.8 Å². The van der Waals surface area contributed by atoms with Gasteiger partial charge in [0.15, 0.2) is 5.15 Å². The van der Waals surface area contributed by atoms with Crippen molar-refractivity contribution in [2.45, 2.75) is 6.92 Å². The smallest absolute Gasteiger partial charge is 0.215 e. The first-order chi connectivity index (χ1) is 5.70. The highest BCUT2D eigenvalue weighted by Gasteiger charge is 2.09. The van der Waals surface area contributed by atoms with Crippen molar-refractivity contribution < 1.29 is 4.39 Å². The fourth-order valence-electron chi connectivity index (χ4n) is 1.13. The first-order valence-electron chi connectivity index (χ1n) is 3.34. The van der Waals surface area contributed by atoms with Gasteiger partial charge in [-0.2, -0.15) is 9.49 Å². The van der Waals surface area contributed by atoms with Gasteiger partial charge in [-0.15, -0.1) is 0 Å². The van der Waals surface area contributed by atoms with E-state index in [1.807, 2.05) is 0 Å². The van der Waals surface area contributed by atoms with Crippen LogP contribution in [0.2, 0.25) is 5.15 Å². The van der Waals surface area contributed by atoms with Crippen molar-refractivity contribution >= 4 is 17.1 Å². The van der Waals surface area contributed by atoms with Crippen molar-refractivity contribution in [3.8, 4) is 0 Å². The van der Waals surface area contributed by atoms with Crippen LogP contribution in [0, 0.1) is 12.9 Å². The van der Waals surface area contributed by atoms with E-state index in [-0.39, 0.29) is 5.15 Å². The number of nitrogens with zero attached hydrogens (tertiary/aromatic N) is 3. The summed E-state index contributed by atoms with van der Waals surface area (Å²) < 4.78 is 14.1. The van der Waals surface area contributed by atoms with Crippen LogP contribution in [-0.2, 0) is 0 Å². The highest BCUT2D eigenvalue weighted by molar-refractivity contribution is 6.32. The summed E-state index contributed by atoms with van der Waals surface area (Å²) in [5.41, 5.74) is 1.26. The second kappa shape index (κ2) is 2.42. The number of aryl methyl sites for hydroxylation is 1. The monoisotopic (exact) mass is 185 g/mol. The summed E-state index contributed by atoms with van der Waals surface area (Å²) in [6.45, 7) is 1.76. The van der Waals surface area contributed by atoms with Gasteiger partial charge >= 0.3 is 0 Å². The molecule has 0 aromatic carbocycles. The van der Waals surface area contributed by atoms with E-state index in [0.717, 1.165) is 10.1 Å². The van der Waals surface area contributed by atoms with Crippen molar-refractivity contribution in [1.29, 1.82) is 0 Å². The van der Waals surface area contributed by atoms with Gasteiger partial charge in [-0.1, -0.05) is 11.6 Å². The maximum absolute atomic E-state index is 13.0. The van der Waals surface area contributed by atoms with E-state index >= 15 is 0 Å². The highest BCUT2D eigenvalue weighted by Crippen LogP contribution is 2.19. The Morgan fingerprint density at radius 1 is 1.58 bits per heavy atom. The molecule has 62 valence electrons. The van der Waals surface area contributed by atoms with Crippen LogP contribution in [0.3, 0.4) is 0 Å². The predicted octanol–water partition coefficient (Wildman–Crippen LogP) is 1.83. The number of fused-ring (bicyclic) bond motifs is 1. The normalized spacial score (nSPS) is 10.9. The maximum atomic E-state index is 13.0. The topological polar surface area (TPSA) is 30.2 Å². The number of aromatic nitrogens is 3. The zero-order valence-corrected chi connectivity index (χ0v) is 7.01.